The molecule has 1 aromatic heterocycles. The predicted octanol–water partition coefficient (Wildman–Crippen LogP) is 5.15. The third kappa shape index (κ3) is 4.14. The van der Waals surface area contributed by atoms with Gasteiger partial charge in [-0.05, 0) is 54.9 Å². The first-order chi connectivity index (χ1) is 14.0. The molecule has 1 aliphatic rings. The molecule has 0 bridgehead atoms. The molecule has 1 saturated carbocycles. The van der Waals surface area contributed by atoms with Crippen molar-refractivity contribution >= 4 is 40.6 Å². The molecule has 0 unspecified atom stereocenters. The zero-order chi connectivity index (χ0) is 20.4. The van der Waals surface area contributed by atoms with Crippen LogP contribution in [-0.4, -0.2) is 15.5 Å². The zero-order valence-corrected chi connectivity index (χ0v) is 17.5. The van der Waals surface area contributed by atoms with E-state index in [4.69, 9.17) is 23.8 Å². The fourth-order valence-corrected chi connectivity index (χ4v) is 4.51. The molecule has 0 aliphatic heterocycles. The number of halogens is 1. The van der Waals surface area contributed by atoms with Gasteiger partial charge in [0.05, 0.1) is 10.9 Å². The van der Waals surface area contributed by atoms with Crippen molar-refractivity contribution in [2.24, 2.45) is 0 Å². The Hall–Kier alpha value is -2.44. The lowest BCUT2D eigenvalue weighted by Crippen LogP contribution is -2.28. The van der Waals surface area contributed by atoms with E-state index in [9.17, 15) is 9.59 Å². The van der Waals surface area contributed by atoms with Gasteiger partial charge in [-0.15, -0.1) is 0 Å². The largest absolute Gasteiger partial charge is 0.348 e. The van der Waals surface area contributed by atoms with Crippen molar-refractivity contribution in [3.8, 4) is 0 Å². The molecule has 5 nitrogen and oxygen atoms in total. The van der Waals surface area contributed by atoms with E-state index in [1.807, 2.05) is 18.2 Å². The van der Waals surface area contributed by atoms with E-state index in [0.29, 0.717) is 32.8 Å². The minimum atomic E-state index is -0.234. The molecular weight excluding hydrogens is 406 g/mol. The van der Waals surface area contributed by atoms with Gasteiger partial charge in [-0.25, -0.2) is 0 Å². The highest BCUT2D eigenvalue weighted by molar-refractivity contribution is 7.71. The minimum absolute atomic E-state index is 0.0846. The summed E-state index contributed by atoms with van der Waals surface area (Å²) in [6.45, 7) is 0.329. The summed E-state index contributed by atoms with van der Waals surface area (Å²) in [6, 6.07) is 12.6. The summed E-state index contributed by atoms with van der Waals surface area (Å²) in [7, 11) is 0. The van der Waals surface area contributed by atoms with E-state index in [2.05, 4.69) is 10.3 Å². The monoisotopic (exact) mass is 427 g/mol. The summed E-state index contributed by atoms with van der Waals surface area (Å²) in [6.07, 6.45) is 5.40. The van der Waals surface area contributed by atoms with Crippen LogP contribution in [0.4, 0.5) is 0 Å². The molecule has 2 aromatic carbocycles. The molecule has 29 heavy (non-hydrogen) atoms. The van der Waals surface area contributed by atoms with E-state index in [1.54, 1.807) is 28.8 Å². The second-order valence-electron chi connectivity index (χ2n) is 7.43. The van der Waals surface area contributed by atoms with E-state index < -0.39 is 0 Å². The van der Waals surface area contributed by atoms with Crippen LogP contribution in [0.3, 0.4) is 0 Å². The fourth-order valence-electron chi connectivity index (χ4n) is 3.96. The second kappa shape index (κ2) is 8.51. The van der Waals surface area contributed by atoms with Gasteiger partial charge in [0.1, 0.15) is 0 Å². The summed E-state index contributed by atoms with van der Waals surface area (Å²) in [5.41, 5.74) is 1.80. The molecule has 1 heterocycles. The van der Waals surface area contributed by atoms with Gasteiger partial charge < -0.3 is 10.3 Å². The number of benzene rings is 2. The lowest BCUT2D eigenvalue weighted by molar-refractivity contribution is 0.0951. The number of amides is 1. The average Bonchev–Trinajstić information content (AvgIpc) is 2.73. The van der Waals surface area contributed by atoms with Gasteiger partial charge in [-0.1, -0.05) is 49.1 Å². The smallest absolute Gasteiger partial charge is 0.262 e. The van der Waals surface area contributed by atoms with Crippen molar-refractivity contribution in [3.63, 3.8) is 0 Å². The molecule has 4 rings (SSSR count). The Morgan fingerprint density at radius 3 is 2.69 bits per heavy atom. The average molecular weight is 428 g/mol. The Morgan fingerprint density at radius 2 is 1.93 bits per heavy atom. The first-order valence-electron chi connectivity index (χ1n) is 9.85. The lowest BCUT2D eigenvalue weighted by Gasteiger charge is -2.24. The van der Waals surface area contributed by atoms with Crippen molar-refractivity contribution in [2.75, 3.05) is 0 Å². The van der Waals surface area contributed by atoms with Gasteiger partial charge in [0.25, 0.3) is 11.5 Å². The van der Waals surface area contributed by atoms with Crippen LogP contribution in [0.2, 0.25) is 5.02 Å². The summed E-state index contributed by atoms with van der Waals surface area (Å²) in [5.74, 6) is -0.234. The number of hydrogen-bond donors (Lipinski definition) is 2. The van der Waals surface area contributed by atoms with Crippen LogP contribution < -0.4 is 10.9 Å². The van der Waals surface area contributed by atoms with Gasteiger partial charge in [0, 0.05) is 23.2 Å². The Kier molecular flexibility index (Phi) is 5.83. The van der Waals surface area contributed by atoms with Crippen molar-refractivity contribution in [1.29, 1.82) is 0 Å². The van der Waals surface area contributed by atoms with Crippen LogP contribution in [0.5, 0.6) is 0 Å². The summed E-state index contributed by atoms with van der Waals surface area (Å²) in [4.78, 5) is 28.8. The Morgan fingerprint density at radius 1 is 1.17 bits per heavy atom. The fraction of sp³-hybridized carbons (Fsp3) is 0.318. The highest BCUT2D eigenvalue weighted by atomic mass is 35.5. The number of H-pyrrole nitrogens is 1. The summed E-state index contributed by atoms with van der Waals surface area (Å²) < 4.78 is 2.14. The number of aromatic amines is 1. The normalized spacial score (nSPS) is 14.8. The Labute approximate surface area is 178 Å². The van der Waals surface area contributed by atoms with Gasteiger partial charge in [-0.2, -0.15) is 0 Å². The van der Waals surface area contributed by atoms with Crippen LogP contribution in [0, 0.1) is 4.77 Å². The molecule has 1 fully saturated rings. The third-order valence-corrected chi connectivity index (χ3v) is 6.20. The molecule has 0 spiro atoms. The van der Waals surface area contributed by atoms with Gasteiger partial charge >= 0.3 is 0 Å². The van der Waals surface area contributed by atoms with Crippen LogP contribution >= 0.6 is 23.8 Å². The molecule has 0 saturated heterocycles. The number of aromatic nitrogens is 2. The number of nitrogens with one attached hydrogen (secondary N) is 2. The number of nitrogens with zero attached hydrogens (tertiary/aromatic N) is 1. The Balaban J connectivity index is 1.61. The quantitative estimate of drug-likeness (QED) is 0.566. The maximum absolute atomic E-state index is 13.0. The molecule has 1 aliphatic carbocycles. The molecule has 7 heteroatoms. The molecule has 0 atom stereocenters. The van der Waals surface area contributed by atoms with E-state index in [1.165, 1.54) is 6.42 Å². The van der Waals surface area contributed by atoms with Crippen LogP contribution in [0.15, 0.2) is 47.3 Å². The summed E-state index contributed by atoms with van der Waals surface area (Å²) >= 11 is 11.6. The highest BCUT2D eigenvalue weighted by Gasteiger charge is 2.19. The van der Waals surface area contributed by atoms with Gasteiger partial charge in [-0.3, -0.25) is 14.2 Å². The van der Waals surface area contributed by atoms with E-state index in [-0.39, 0.29) is 17.5 Å². The minimum Gasteiger partial charge on any atom is -0.348 e. The van der Waals surface area contributed by atoms with Gasteiger partial charge in [0.15, 0.2) is 4.77 Å². The van der Waals surface area contributed by atoms with Crippen LogP contribution in [0.25, 0.3) is 10.9 Å². The van der Waals surface area contributed by atoms with E-state index in [0.717, 1.165) is 31.2 Å². The number of hydrogen-bond acceptors (Lipinski definition) is 3. The lowest BCUT2D eigenvalue weighted by atomic mass is 9.95. The van der Waals surface area contributed by atoms with E-state index >= 15 is 0 Å². The molecule has 1 amide bonds. The SMILES string of the molecule is O=C(NCc1ccccc1Cl)c1ccc2c(=O)n(C3CCCCC3)c(=S)[nH]c2c1. The van der Waals surface area contributed by atoms with Gasteiger partial charge in [0.2, 0.25) is 0 Å². The van der Waals surface area contributed by atoms with Crippen molar-refractivity contribution in [1.82, 2.24) is 14.9 Å². The number of carbonyl (C=O) groups excluding carboxylic acids is 1. The van der Waals surface area contributed by atoms with Crippen molar-refractivity contribution < 1.29 is 4.79 Å². The molecule has 0 radical (unpaired) electrons. The zero-order valence-electron chi connectivity index (χ0n) is 15.9. The highest BCUT2D eigenvalue weighted by Crippen LogP contribution is 2.27. The first-order valence-corrected chi connectivity index (χ1v) is 10.6. The molecule has 3 aromatic rings. The van der Waals surface area contributed by atoms with Crippen molar-refractivity contribution in [2.45, 2.75) is 44.7 Å². The number of carbonyl (C=O) groups is 1. The maximum Gasteiger partial charge on any atom is 0.262 e. The number of rotatable bonds is 4. The molecular formula is C22H22ClN3O2S. The standard InChI is InChI=1S/C22H22ClN3O2S/c23-18-9-5-4-6-15(18)13-24-20(27)14-10-11-17-19(12-14)25-22(29)26(21(17)28)16-7-2-1-3-8-16/h4-6,9-12,16H,1-3,7-8,13H2,(H,24,27)(H,25,29). The topological polar surface area (TPSA) is 66.9 Å². The maximum atomic E-state index is 13.0. The Bertz CT molecular complexity index is 1180. The molecule has 2 N–H and O–H groups in total. The first kappa shape index (κ1) is 19.9. The molecule has 150 valence electrons. The van der Waals surface area contributed by atoms with Crippen LogP contribution in [0.1, 0.15) is 54.1 Å². The summed E-state index contributed by atoms with van der Waals surface area (Å²) in [5, 5.41) is 4.02. The predicted molar refractivity (Wildman–Crippen MR) is 118 cm³/mol. The van der Waals surface area contributed by atoms with Crippen LogP contribution in [-0.2, 0) is 6.54 Å². The number of fused-ring (bicyclic) bond motifs is 1. The third-order valence-electron chi connectivity index (χ3n) is 5.53. The second-order valence-corrected chi connectivity index (χ2v) is 8.23. The van der Waals surface area contributed by atoms with Crippen molar-refractivity contribution in [3.05, 3.63) is 73.7 Å².